The fourth-order valence-corrected chi connectivity index (χ4v) is 2.64. The Morgan fingerprint density at radius 3 is 2.86 bits per heavy atom. The van der Waals surface area contributed by atoms with E-state index in [4.69, 9.17) is 4.74 Å². The number of carbonyl (C=O) groups is 1. The van der Waals surface area contributed by atoms with Gasteiger partial charge < -0.3 is 10.1 Å². The summed E-state index contributed by atoms with van der Waals surface area (Å²) in [6, 6.07) is 5.47. The van der Waals surface area contributed by atoms with Crippen molar-refractivity contribution < 1.29 is 9.53 Å². The molecule has 0 atom stereocenters. The second kappa shape index (κ2) is 6.56. The van der Waals surface area contributed by atoms with Crippen molar-refractivity contribution in [2.75, 3.05) is 5.32 Å². The molecule has 22 heavy (non-hydrogen) atoms. The van der Waals surface area contributed by atoms with Gasteiger partial charge in [-0.2, -0.15) is 0 Å². The average molecular weight is 297 g/mol. The van der Waals surface area contributed by atoms with Crippen LogP contribution in [0.15, 0.2) is 36.8 Å². The van der Waals surface area contributed by atoms with Crippen molar-refractivity contribution in [3.63, 3.8) is 0 Å². The summed E-state index contributed by atoms with van der Waals surface area (Å²) in [6.45, 7) is 1.88. The van der Waals surface area contributed by atoms with E-state index in [0.717, 1.165) is 18.4 Å². The fourth-order valence-electron chi connectivity index (χ4n) is 2.64. The lowest BCUT2D eigenvalue weighted by Crippen LogP contribution is -2.17. The first kappa shape index (κ1) is 14.5. The van der Waals surface area contributed by atoms with E-state index in [2.05, 4.69) is 15.3 Å². The molecule has 5 heteroatoms. The lowest BCUT2D eigenvalue weighted by Gasteiger charge is -2.16. The van der Waals surface area contributed by atoms with Gasteiger partial charge in [-0.3, -0.25) is 9.78 Å². The summed E-state index contributed by atoms with van der Waals surface area (Å²) in [4.78, 5) is 20.6. The van der Waals surface area contributed by atoms with E-state index >= 15 is 0 Å². The molecular formula is C17H19N3O2. The normalized spacial score (nSPS) is 14.8. The zero-order valence-corrected chi connectivity index (χ0v) is 12.6. The van der Waals surface area contributed by atoms with Crippen LogP contribution in [0.25, 0.3) is 0 Å². The summed E-state index contributed by atoms with van der Waals surface area (Å²) in [5, 5.41) is 2.83. The molecule has 114 valence electrons. The lowest BCUT2D eigenvalue weighted by molar-refractivity contribution is 0.102. The molecule has 0 radical (unpaired) electrons. The van der Waals surface area contributed by atoms with E-state index in [1.54, 1.807) is 18.6 Å². The van der Waals surface area contributed by atoms with Crippen molar-refractivity contribution in [2.45, 2.75) is 38.7 Å². The molecule has 0 unspecified atom stereocenters. The van der Waals surface area contributed by atoms with Crippen molar-refractivity contribution in [1.82, 2.24) is 9.97 Å². The van der Waals surface area contributed by atoms with Gasteiger partial charge in [0.15, 0.2) is 11.6 Å². The van der Waals surface area contributed by atoms with E-state index in [-0.39, 0.29) is 12.0 Å². The summed E-state index contributed by atoms with van der Waals surface area (Å²) < 4.78 is 5.98. The molecule has 2 aromatic heterocycles. The van der Waals surface area contributed by atoms with E-state index in [1.807, 2.05) is 25.1 Å². The smallest absolute Gasteiger partial charge is 0.258 e. The number of ether oxygens (including phenoxy) is 1. The predicted octanol–water partition coefficient (Wildman–Crippen LogP) is 3.36. The first-order valence-corrected chi connectivity index (χ1v) is 7.57. The van der Waals surface area contributed by atoms with Crippen LogP contribution < -0.4 is 10.1 Å². The molecule has 2 aromatic rings. The molecule has 0 aromatic carbocycles. The third-order valence-corrected chi connectivity index (χ3v) is 3.88. The number of hydrogen-bond donors (Lipinski definition) is 1. The minimum absolute atomic E-state index is 0.222. The zero-order valence-electron chi connectivity index (χ0n) is 12.6. The van der Waals surface area contributed by atoms with Crippen LogP contribution in [0.5, 0.6) is 5.75 Å². The van der Waals surface area contributed by atoms with Gasteiger partial charge in [-0.15, -0.1) is 0 Å². The number of rotatable bonds is 4. The maximum atomic E-state index is 12.4. The van der Waals surface area contributed by atoms with Crippen LogP contribution in [0.1, 0.15) is 41.6 Å². The number of pyridine rings is 2. The maximum Gasteiger partial charge on any atom is 0.258 e. The molecule has 1 aliphatic rings. The van der Waals surface area contributed by atoms with Gasteiger partial charge in [0.1, 0.15) is 0 Å². The Balaban J connectivity index is 1.77. The van der Waals surface area contributed by atoms with Gasteiger partial charge in [-0.05, 0) is 56.4 Å². The number of aromatic nitrogens is 2. The number of hydrogen-bond acceptors (Lipinski definition) is 4. The summed E-state index contributed by atoms with van der Waals surface area (Å²) in [5.74, 6) is 0.868. The number of nitrogens with one attached hydrogen (secondary N) is 1. The molecule has 1 aliphatic carbocycles. The summed E-state index contributed by atoms with van der Waals surface area (Å²) in [6.07, 6.45) is 9.61. The summed E-state index contributed by atoms with van der Waals surface area (Å²) in [7, 11) is 0. The minimum atomic E-state index is -0.222. The van der Waals surface area contributed by atoms with Gasteiger partial charge in [0.25, 0.3) is 5.91 Å². The van der Waals surface area contributed by atoms with Crippen molar-refractivity contribution in [3.05, 3.63) is 47.9 Å². The van der Waals surface area contributed by atoms with Crippen molar-refractivity contribution in [3.8, 4) is 5.75 Å². The molecule has 1 saturated carbocycles. The van der Waals surface area contributed by atoms with Crippen LogP contribution in [-0.4, -0.2) is 22.0 Å². The Hall–Kier alpha value is -2.43. The summed E-state index contributed by atoms with van der Waals surface area (Å²) >= 11 is 0. The topological polar surface area (TPSA) is 64.1 Å². The highest BCUT2D eigenvalue weighted by molar-refractivity contribution is 6.05. The quantitative estimate of drug-likeness (QED) is 0.940. The van der Waals surface area contributed by atoms with Gasteiger partial charge in [0, 0.05) is 18.6 Å². The molecular weight excluding hydrogens is 278 g/mol. The molecule has 0 bridgehead atoms. The SMILES string of the molecule is Cc1ccncc1C(=O)Nc1ncccc1OC1CCCC1. The standard InChI is InChI=1S/C17H19N3O2/c1-12-8-10-18-11-14(12)17(21)20-16-15(7-4-9-19-16)22-13-5-2-3-6-13/h4,7-11,13H,2-3,5-6H2,1H3,(H,19,20,21). The van der Waals surface area contributed by atoms with Crippen LogP contribution in [0.2, 0.25) is 0 Å². The van der Waals surface area contributed by atoms with Gasteiger partial charge in [0.2, 0.25) is 0 Å². The maximum absolute atomic E-state index is 12.4. The van der Waals surface area contributed by atoms with Crippen molar-refractivity contribution in [2.24, 2.45) is 0 Å². The largest absolute Gasteiger partial charge is 0.487 e. The average Bonchev–Trinajstić information content (AvgIpc) is 3.02. The zero-order chi connectivity index (χ0) is 15.4. The van der Waals surface area contributed by atoms with Crippen LogP contribution >= 0.6 is 0 Å². The Kier molecular flexibility index (Phi) is 4.32. The van der Waals surface area contributed by atoms with E-state index in [1.165, 1.54) is 12.8 Å². The Bertz CT molecular complexity index is 666. The van der Waals surface area contributed by atoms with Gasteiger partial charge in [0.05, 0.1) is 11.7 Å². The molecule has 1 N–H and O–H groups in total. The Labute approximate surface area is 129 Å². The van der Waals surface area contributed by atoms with Gasteiger partial charge in [-0.1, -0.05) is 0 Å². The fraction of sp³-hybridized carbons (Fsp3) is 0.353. The molecule has 0 aliphatic heterocycles. The second-order valence-electron chi connectivity index (χ2n) is 5.52. The number of anilines is 1. The summed E-state index contributed by atoms with van der Waals surface area (Å²) in [5.41, 5.74) is 1.42. The molecule has 3 rings (SSSR count). The first-order valence-electron chi connectivity index (χ1n) is 7.57. The first-order chi connectivity index (χ1) is 10.7. The van der Waals surface area contributed by atoms with Crippen molar-refractivity contribution in [1.29, 1.82) is 0 Å². The van der Waals surface area contributed by atoms with Gasteiger partial charge in [-0.25, -0.2) is 4.98 Å². The monoisotopic (exact) mass is 297 g/mol. The molecule has 0 saturated heterocycles. The van der Waals surface area contributed by atoms with Crippen molar-refractivity contribution >= 4 is 11.7 Å². The number of nitrogens with zero attached hydrogens (tertiary/aromatic N) is 2. The Morgan fingerprint density at radius 2 is 2.09 bits per heavy atom. The second-order valence-corrected chi connectivity index (χ2v) is 5.52. The predicted molar refractivity (Wildman–Crippen MR) is 84.0 cm³/mol. The van der Waals surface area contributed by atoms with Crippen LogP contribution in [-0.2, 0) is 0 Å². The lowest BCUT2D eigenvalue weighted by atomic mass is 10.1. The molecule has 1 fully saturated rings. The minimum Gasteiger partial charge on any atom is -0.487 e. The van der Waals surface area contributed by atoms with Crippen LogP contribution in [0.3, 0.4) is 0 Å². The molecule has 5 nitrogen and oxygen atoms in total. The van der Waals surface area contributed by atoms with E-state index in [9.17, 15) is 4.79 Å². The highest BCUT2D eigenvalue weighted by Gasteiger charge is 2.19. The van der Waals surface area contributed by atoms with Crippen LogP contribution in [0, 0.1) is 6.92 Å². The third-order valence-electron chi connectivity index (χ3n) is 3.88. The number of amides is 1. The molecule has 1 amide bonds. The highest BCUT2D eigenvalue weighted by atomic mass is 16.5. The van der Waals surface area contributed by atoms with E-state index in [0.29, 0.717) is 17.1 Å². The number of aryl methyl sites for hydroxylation is 1. The number of carbonyl (C=O) groups excluding carboxylic acids is 1. The van der Waals surface area contributed by atoms with Gasteiger partial charge >= 0.3 is 0 Å². The molecule has 0 spiro atoms. The third kappa shape index (κ3) is 3.24. The molecule has 2 heterocycles. The highest BCUT2D eigenvalue weighted by Crippen LogP contribution is 2.28. The van der Waals surface area contributed by atoms with E-state index < -0.39 is 0 Å². The Morgan fingerprint density at radius 1 is 1.27 bits per heavy atom. The van der Waals surface area contributed by atoms with Crippen LogP contribution in [0.4, 0.5) is 5.82 Å².